The van der Waals surface area contributed by atoms with Crippen LogP contribution in [-0.4, -0.2) is 35.6 Å². The smallest absolute Gasteiger partial charge is 0.110 e. The summed E-state index contributed by atoms with van der Waals surface area (Å²) in [5, 5.41) is 7.07. The first-order valence-corrected chi connectivity index (χ1v) is 7.47. The van der Waals surface area contributed by atoms with Crippen LogP contribution in [0.15, 0.2) is 5.38 Å². The van der Waals surface area contributed by atoms with Crippen molar-refractivity contribution in [1.82, 2.24) is 15.2 Å². The number of piperidine rings is 1. The largest absolute Gasteiger partial charge is 0.305 e. The minimum Gasteiger partial charge on any atom is -0.305 e. The topological polar surface area (TPSA) is 28.2 Å². The molecule has 0 amide bonds. The fourth-order valence-electron chi connectivity index (χ4n) is 2.41. The monoisotopic (exact) mass is 253 g/mol. The summed E-state index contributed by atoms with van der Waals surface area (Å²) in [5.41, 5.74) is 1.14. The van der Waals surface area contributed by atoms with Gasteiger partial charge in [-0.15, -0.1) is 11.3 Å². The maximum Gasteiger partial charge on any atom is 0.110 e. The van der Waals surface area contributed by atoms with Crippen LogP contribution in [0, 0.1) is 6.92 Å². The molecule has 4 heteroatoms. The molecule has 0 spiro atoms. The molecular weight excluding hydrogens is 230 g/mol. The molecule has 1 aliphatic heterocycles. The zero-order chi connectivity index (χ0) is 12.3. The molecule has 3 nitrogen and oxygen atoms in total. The third-order valence-corrected chi connectivity index (χ3v) is 4.67. The minimum atomic E-state index is 0.395. The molecule has 1 N–H and O–H groups in total. The van der Waals surface area contributed by atoms with Crippen LogP contribution in [0.5, 0.6) is 0 Å². The highest BCUT2D eigenvalue weighted by Crippen LogP contribution is 2.20. The Kier molecular flexibility index (Phi) is 4.54. The molecule has 0 aliphatic carbocycles. The van der Waals surface area contributed by atoms with Gasteiger partial charge in [0.1, 0.15) is 5.01 Å². The molecule has 1 aromatic rings. The maximum atomic E-state index is 4.55. The van der Waals surface area contributed by atoms with Gasteiger partial charge in [0.25, 0.3) is 0 Å². The number of rotatable bonds is 4. The number of hydrogen-bond donors (Lipinski definition) is 1. The zero-order valence-electron chi connectivity index (χ0n) is 11.1. The molecule has 0 radical (unpaired) electrons. The van der Waals surface area contributed by atoms with Crippen LogP contribution >= 0.6 is 11.3 Å². The van der Waals surface area contributed by atoms with Crippen LogP contribution in [0.25, 0.3) is 0 Å². The third kappa shape index (κ3) is 3.50. The Labute approximate surface area is 108 Å². The van der Waals surface area contributed by atoms with E-state index in [2.05, 4.69) is 41.4 Å². The average Bonchev–Trinajstić information content (AvgIpc) is 2.77. The molecule has 17 heavy (non-hydrogen) atoms. The predicted octanol–water partition coefficient (Wildman–Crippen LogP) is 2.59. The highest BCUT2D eigenvalue weighted by molar-refractivity contribution is 7.09. The molecule has 1 unspecified atom stereocenters. The van der Waals surface area contributed by atoms with Gasteiger partial charge in [0, 0.05) is 17.1 Å². The predicted molar refractivity (Wildman–Crippen MR) is 73.5 cm³/mol. The summed E-state index contributed by atoms with van der Waals surface area (Å²) < 4.78 is 0. The Balaban J connectivity index is 1.81. The molecule has 1 fully saturated rings. The van der Waals surface area contributed by atoms with Crippen LogP contribution < -0.4 is 5.32 Å². The van der Waals surface area contributed by atoms with Gasteiger partial charge >= 0.3 is 0 Å². The van der Waals surface area contributed by atoms with Gasteiger partial charge in [0.05, 0.1) is 6.04 Å². The van der Waals surface area contributed by atoms with Gasteiger partial charge in [0.15, 0.2) is 0 Å². The fourth-order valence-corrected chi connectivity index (χ4v) is 3.22. The number of thiazole rings is 1. The van der Waals surface area contributed by atoms with E-state index in [0.717, 1.165) is 5.69 Å². The molecule has 96 valence electrons. The fraction of sp³-hybridized carbons (Fsp3) is 0.769. The van der Waals surface area contributed by atoms with E-state index in [1.165, 1.54) is 37.5 Å². The van der Waals surface area contributed by atoms with E-state index in [4.69, 9.17) is 0 Å². The second-order valence-corrected chi connectivity index (χ2v) is 5.81. The van der Waals surface area contributed by atoms with Crippen LogP contribution in [0.1, 0.15) is 43.4 Å². The number of likely N-dealkylation sites (tertiary alicyclic amines) is 1. The molecule has 1 aliphatic rings. The second-order valence-electron chi connectivity index (χ2n) is 4.92. The van der Waals surface area contributed by atoms with Crippen molar-refractivity contribution in [2.75, 3.05) is 19.6 Å². The van der Waals surface area contributed by atoms with E-state index in [-0.39, 0.29) is 0 Å². The lowest BCUT2D eigenvalue weighted by atomic mass is 10.0. The summed E-state index contributed by atoms with van der Waals surface area (Å²) in [6, 6.07) is 1.06. The molecule has 2 heterocycles. The molecule has 1 saturated heterocycles. The van der Waals surface area contributed by atoms with Crippen molar-refractivity contribution in [3.05, 3.63) is 16.1 Å². The number of nitrogens with one attached hydrogen (secondary N) is 1. The highest BCUT2D eigenvalue weighted by Gasteiger charge is 2.20. The van der Waals surface area contributed by atoms with Gasteiger partial charge in [-0.25, -0.2) is 4.98 Å². The van der Waals surface area contributed by atoms with Crippen molar-refractivity contribution >= 4 is 11.3 Å². The summed E-state index contributed by atoms with van der Waals surface area (Å²) in [6.07, 6.45) is 2.53. The van der Waals surface area contributed by atoms with E-state index in [1.54, 1.807) is 11.3 Å². The molecular formula is C13H23N3S. The van der Waals surface area contributed by atoms with E-state index in [9.17, 15) is 0 Å². The van der Waals surface area contributed by atoms with Gasteiger partial charge < -0.3 is 10.2 Å². The quantitative estimate of drug-likeness (QED) is 0.894. The van der Waals surface area contributed by atoms with Crippen LogP contribution in [0.2, 0.25) is 0 Å². The lowest BCUT2D eigenvalue weighted by Crippen LogP contribution is -2.43. The Morgan fingerprint density at radius 3 is 2.76 bits per heavy atom. The molecule has 0 aromatic carbocycles. The summed E-state index contributed by atoms with van der Waals surface area (Å²) in [6.45, 7) is 10.2. The van der Waals surface area contributed by atoms with E-state index < -0.39 is 0 Å². The van der Waals surface area contributed by atoms with Gasteiger partial charge in [0.2, 0.25) is 0 Å². The maximum absolute atomic E-state index is 4.55. The van der Waals surface area contributed by atoms with Crippen LogP contribution in [0.3, 0.4) is 0 Å². The first kappa shape index (κ1) is 13.0. The molecule has 2 rings (SSSR count). The van der Waals surface area contributed by atoms with Crippen LogP contribution in [-0.2, 0) is 0 Å². The molecule has 1 aromatic heterocycles. The second kappa shape index (κ2) is 5.94. The summed E-state index contributed by atoms with van der Waals surface area (Å²) in [4.78, 5) is 7.08. The van der Waals surface area contributed by atoms with Gasteiger partial charge in [-0.1, -0.05) is 6.92 Å². The number of nitrogens with zero attached hydrogens (tertiary/aromatic N) is 2. The Morgan fingerprint density at radius 1 is 1.53 bits per heavy atom. The first-order valence-electron chi connectivity index (χ1n) is 6.59. The standard InChI is InChI=1S/C13H23N3S/c1-4-16-7-5-12(6-8-16)15-11(3)13-14-10(2)9-17-13/h9,11-12,15H,4-8H2,1-3H3. The Hall–Kier alpha value is -0.450. The average molecular weight is 253 g/mol. The summed E-state index contributed by atoms with van der Waals surface area (Å²) >= 11 is 1.77. The summed E-state index contributed by atoms with van der Waals surface area (Å²) in [5.74, 6) is 0. The van der Waals surface area contributed by atoms with Crippen molar-refractivity contribution in [1.29, 1.82) is 0 Å². The Bertz CT molecular complexity index is 342. The lowest BCUT2D eigenvalue weighted by molar-refractivity contribution is 0.200. The zero-order valence-corrected chi connectivity index (χ0v) is 11.9. The van der Waals surface area contributed by atoms with Crippen molar-refractivity contribution < 1.29 is 0 Å². The Morgan fingerprint density at radius 2 is 2.24 bits per heavy atom. The lowest BCUT2D eigenvalue weighted by Gasteiger charge is -2.32. The van der Waals surface area contributed by atoms with E-state index in [0.29, 0.717) is 12.1 Å². The first-order chi connectivity index (χ1) is 8.19. The molecule has 1 atom stereocenters. The van der Waals surface area contributed by atoms with Gasteiger partial charge in [-0.2, -0.15) is 0 Å². The van der Waals surface area contributed by atoms with Crippen LogP contribution in [0.4, 0.5) is 0 Å². The van der Waals surface area contributed by atoms with Gasteiger partial charge in [-0.3, -0.25) is 0 Å². The van der Waals surface area contributed by atoms with E-state index >= 15 is 0 Å². The number of aromatic nitrogens is 1. The SMILES string of the molecule is CCN1CCC(NC(C)c2nc(C)cs2)CC1. The molecule has 0 bridgehead atoms. The summed E-state index contributed by atoms with van der Waals surface area (Å²) in [7, 11) is 0. The van der Waals surface area contributed by atoms with Gasteiger partial charge in [-0.05, 0) is 46.3 Å². The van der Waals surface area contributed by atoms with Crippen molar-refractivity contribution in [2.45, 2.75) is 45.7 Å². The number of hydrogen-bond acceptors (Lipinski definition) is 4. The van der Waals surface area contributed by atoms with Crippen molar-refractivity contribution in [2.24, 2.45) is 0 Å². The third-order valence-electron chi connectivity index (χ3n) is 3.53. The van der Waals surface area contributed by atoms with Crippen molar-refractivity contribution in [3.63, 3.8) is 0 Å². The number of aryl methyl sites for hydroxylation is 1. The van der Waals surface area contributed by atoms with Crippen molar-refractivity contribution in [3.8, 4) is 0 Å². The molecule has 0 saturated carbocycles. The van der Waals surface area contributed by atoms with E-state index in [1.807, 2.05) is 0 Å². The minimum absolute atomic E-state index is 0.395. The normalized spacial score (nSPS) is 20.6. The highest BCUT2D eigenvalue weighted by atomic mass is 32.1.